The summed E-state index contributed by atoms with van der Waals surface area (Å²) in [7, 11) is 0. The van der Waals surface area contributed by atoms with E-state index >= 15 is 0 Å². The number of carbonyl (C=O) groups excluding carboxylic acids is 3. The normalized spacial score (nSPS) is 13.1. The fourth-order valence-electron chi connectivity index (χ4n) is 2.47. The number of amides is 2. The molecule has 0 heterocycles. The topological polar surface area (TPSA) is 84.5 Å². The Balaban J connectivity index is 2.58. The second kappa shape index (κ2) is 12.5. The van der Waals surface area contributed by atoms with Crippen molar-refractivity contribution in [3.63, 3.8) is 0 Å². The maximum Gasteiger partial charge on any atom is 0.408 e. The van der Waals surface area contributed by atoms with Crippen molar-refractivity contribution < 1.29 is 19.1 Å². The third kappa shape index (κ3) is 9.88. The molecule has 0 spiro atoms. The minimum absolute atomic E-state index is 0.0861. The van der Waals surface area contributed by atoms with Crippen molar-refractivity contribution in [1.29, 1.82) is 0 Å². The van der Waals surface area contributed by atoms with E-state index in [1.54, 1.807) is 0 Å². The Morgan fingerprint density at radius 1 is 1.00 bits per heavy atom. The van der Waals surface area contributed by atoms with E-state index in [0.717, 1.165) is 12.0 Å². The Morgan fingerprint density at radius 2 is 1.64 bits per heavy atom. The Hall–Kier alpha value is -1.89. The average molecular weight is 455 g/mol. The van der Waals surface area contributed by atoms with Gasteiger partial charge in [-0.15, -0.1) is 0 Å². The monoisotopic (exact) mass is 454 g/mol. The highest BCUT2D eigenvalue weighted by Gasteiger charge is 2.26. The maximum atomic E-state index is 12.6. The van der Waals surface area contributed by atoms with Crippen LogP contribution in [-0.2, 0) is 20.9 Å². The second-order valence-electron chi connectivity index (χ2n) is 7.66. The van der Waals surface area contributed by atoms with E-state index in [0.29, 0.717) is 18.8 Å². The second-order valence-corrected chi connectivity index (χ2v) is 8.57. The molecule has 1 aromatic rings. The summed E-state index contributed by atoms with van der Waals surface area (Å²) in [6.07, 6.45) is 0.916. The summed E-state index contributed by atoms with van der Waals surface area (Å²) in [6, 6.07) is 8.52. The molecule has 0 aliphatic heterocycles. The predicted octanol–water partition coefficient (Wildman–Crippen LogP) is 4.17. The van der Waals surface area contributed by atoms with Gasteiger partial charge in [-0.3, -0.25) is 9.59 Å². The first-order chi connectivity index (χ1) is 13.2. The van der Waals surface area contributed by atoms with Crippen LogP contribution in [-0.4, -0.2) is 28.8 Å². The van der Waals surface area contributed by atoms with Crippen molar-refractivity contribution >= 4 is 33.7 Å². The van der Waals surface area contributed by atoms with E-state index in [4.69, 9.17) is 4.74 Å². The lowest BCUT2D eigenvalue weighted by Crippen LogP contribution is -2.50. The zero-order valence-corrected chi connectivity index (χ0v) is 18.6. The SMILES string of the molecule is CC(C)CCC(=O)C(Br)NC(=O)[C@H](CC(C)C)NC(=O)OCc1ccccc1. The van der Waals surface area contributed by atoms with Crippen molar-refractivity contribution in [2.75, 3.05) is 0 Å². The van der Waals surface area contributed by atoms with E-state index in [-0.39, 0.29) is 18.3 Å². The number of alkyl carbamates (subject to hydrolysis) is 1. The molecule has 6 nitrogen and oxygen atoms in total. The third-order valence-corrected chi connectivity index (χ3v) is 4.79. The molecule has 2 atom stereocenters. The predicted molar refractivity (Wildman–Crippen MR) is 113 cm³/mol. The van der Waals surface area contributed by atoms with Crippen LogP contribution in [0.5, 0.6) is 0 Å². The quantitative estimate of drug-likeness (QED) is 0.388. The van der Waals surface area contributed by atoms with E-state index in [2.05, 4.69) is 26.6 Å². The number of ether oxygens (including phenoxy) is 1. The van der Waals surface area contributed by atoms with Crippen LogP contribution >= 0.6 is 15.9 Å². The van der Waals surface area contributed by atoms with Gasteiger partial charge in [0.1, 0.15) is 17.6 Å². The molecule has 1 aromatic carbocycles. The first-order valence-electron chi connectivity index (χ1n) is 9.63. The van der Waals surface area contributed by atoms with Crippen molar-refractivity contribution in [3.8, 4) is 0 Å². The fraction of sp³-hybridized carbons (Fsp3) is 0.571. The van der Waals surface area contributed by atoms with Gasteiger partial charge in [0.05, 0.1) is 0 Å². The molecule has 0 radical (unpaired) electrons. The van der Waals surface area contributed by atoms with Gasteiger partial charge < -0.3 is 15.4 Å². The highest BCUT2D eigenvalue weighted by atomic mass is 79.9. The van der Waals surface area contributed by atoms with E-state index < -0.39 is 23.0 Å². The summed E-state index contributed by atoms with van der Waals surface area (Å²) in [4.78, 5) is 36.1. The average Bonchev–Trinajstić information content (AvgIpc) is 2.64. The number of nitrogens with one attached hydrogen (secondary N) is 2. The Kier molecular flexibility index (Phi) is 10.8. The van der Waals surface area contributed by atoms with Crippen LogP contribution in [0.1, 0.15) is 52.5 Å². The summed E-state index contributed by atoms with van der Waals surface area (Å²) in [6.45, 7) is 8.11. The number of Topliss-reactive ketones (excluding diaryl/α,β-unsaturated/α-hetero) is 1. The number of carbonyl (C=O) groups is 3. The molecular formula is C21H31BrN2O4. The molecule has 1 rings (SSSR count). The highest BCUT2D eigenvalue weighted by molar-refractivity contribution is 9.10. The third-order valence-electron chi connectivity index (χ3n) is 4.05. The first-order valence-corrected chi connectivity index (χ1v) is 10.5. The molecule has 0 aliphatic carbocycles. The largest absolute Gasteiger partial charge is 0.445 e. The van der Waals surface area contributed by atoms with Gasteiger partial charge in [0, 0.05) is 6.42 Å². The molecule has 2 amide bonds. The number of benzene rings is 1. The van der Waals surface area contributed by atoms with Gasteiger partial charge in [-0.1, -0.05) is 74.0 Å². The smallest absolute Gasteiger partial charge is 0.408 e. The van der Waals surface area contributed by atoms with E-state index in [9.17, 15) is 14.4 Å². The molecule has 156 valence electrons. The van der Waals surface area contributed by atoms with Crippen LogP contribution in [0.3, 0.4) is 0 Å². The van der Waals surface area contributed by atoms with Crippen LogP contribution in [0.2, 0.25) is 0 Å². The van der Waals surface area contributed by atoms with E-state index in [1.165, 1.54) is 0 Å². The lowest BCUT2D eigenvalue weighted by atomic mass is 10.0. The first kappa shape index (κ1) is 24.1. The summed E-state index contributed by atoms with van der Waals surface area (Å²) in [5.74, 6) is 0.0896. The molecule has 1 unspecified atom stereocenters. The minimum Gasteiger partial charge on any atom is -0.445 e. The molecule has 0 saturated carbocycles. The number of alkyl halides is 1. The summed E-state index contributed by atoms with van der Waals surface area (Å²) < 4.78 is 5.20. The Labute approximate surface area is 175 Å². The zero-order chi connectivity index (χ0) is 21.1. The van der Waals surface area contributed by atoms with Crippen molar-refractivity contribution in [1.82, 2.24) is 10.6 Å². The number of ketones is 1. The lowest BCUT2D eigenvalue weighted by molar-refractivity contribution is -0.127. The molecule has 2 N–H and O–H groups in total. The van der Waals surface area contributed by atoms with Gasteiger partial charge in [-0.05, 0) is 30.2 Å². The van der Waals surface area contributed by atoms with Gasteiger partial charge in [0.25, 0.3) is 0 Å². The van der Waals surface area contributed by atoms with Crippen LogP contribution < -0.4 is 10.6 Å². The Bertz CT molecular complexity index is 635. The molecule has 0 aromatic heterocycles. The molecule has 0 fully saturated rings. The van der Waals surface area contributed by atoms with Gasteiger partial charge in [0.15, 0.2) is 5.78 Å². The fourth-order valence-corrected chi connectivity index (χ4v) is 2.93. The molecule has 7 heteroatoms. The molecular weight excluding hydrogens is 424 g/mol. The minimum atomic E-state index is -0.777. The summed E-state index contributed by atoms with van der Waals surface area (Å²) in [5.41, 5.74) is 0.860. The van der Waals surface area contributed by atoms with E-state index in [1.807, 2.05) is 58.0 Å². The number of halogens is 1. The number of hydrogen-bond acceptors (Lipinski definition) is 4. The molecule has 0 aliphatic rings. The highest BCUT2D eigenvalue weighted by Crippen LogP contribution is 2.11. The lowest BCUT2D eigenvalue weighted by Gasteiger charge is -2.21. The Morgan fingerprint density at radius 3 is 2.21 bits per heavy atom. The van der Waals surface area contributed by atoms with Gasteiger partial charge in [-0.25, -0.2) is 4.79 Å². The summed E-state index contributed by atoms with van der Waals surface area (Å²) in [5, 5.41) is 5.25. The summed E-state index contributed by atoms with van der Waals surface area (Å²) >= 11 is 3.23. The van der Waals surface area contributed by atoms with Crippen LogP contribution in [0.15, 0.2) is 30.3 Å². The number of rotatable bonds is 11. The molecule has 0 saturated heterocycles. The van der Waals surface area contributed by atoms with Crippen molar-refractivity contribution in [2.24, 2.45) is 11.8 Å². The maximum absolute atomic E-state index is 12.6. The van der Waals surface area contributed by atoms with Crippen molar-refractivity contribution in [3.05, 3.63) is 35.9 Å². The van der Waals surface area contributed by atoms with Crippen LogP contribution in [0, 0.1) is 11.8 Å². The molecule has 0 bridgehead atoms. The van der Waals surface area contributed by atoms with Gasteiger partial charge in [-0.2, -0.15) is 0 Å². The van der Waals surface area contributed by atoms with Crippen LogP contribution in [0.25, 0.3) is 0 Å². The standard InChI is InChI=1S/C21H31BrN2O4/c1-14(2)10-11-18(25)19(22)24-20(26)17(12-15(3)4)23-21(27)28-13-16-8-6-5-7-9-16/h5-9,14-15,17,19H,10-13H2,1-4H3,(H,23,27)(H,24,26)/t17-,19?/m0/s1. The van der Waals surface area contributed by atoms with Gasteiger partial charge >= 0.3 is 6.09 Å². The van der Waals surface area contributed by atoms with Gasteiger partial charge in [0.2, 0.25) is 5.91 Å². The number of hydrogen-bond donors (Lipinski definition) is 2. The zero-order valence-electron chi connectivity index (χ0n) is 17.0. The molecule has 28 heavy (non-hydrogen) atoms. The van der Waals surface area contributed by atoms with Crippen LogP contribution in [0.4, 0.5) is 4.79 Å². The van der Waals surface area contributed by atoms with Crippen molar-refractivity contribution in [2.45, 2.75) is 64.6 Å².